The highest BCUT2D eigenvalue weighted by Gasteiger charge is 2.31. The van der Waals surface area contributed by atoms with Crippen LogP contribution in [0.25, 0.3) is 0 Å². The van der Waals surface area contributed by atoms with Gasteiger partial charge in [0.2, 0.25) is 0 Å². The minimum absolute atomic E-state index is 0.160. The lowest BCUT2D eigenvalue weighted by Gasteiger charge is -2.39. The van der Waals surface area contributed by atoms with Crippen molar-refractivity contribution in [2.24, 2.45) is 0 Å². The monoisotopic (exact) mass is 206 g/mol. The quantitative estimate of drug-likeness (QED) is 0.701. The molecule has 0 aliphatic heterocycles. The maximum Gasteiger partial charge on any atom is 0.0641 e. The lowest BCUT2D eigenvalue weighted by atomic mass is 9.79. The summed E-state index contributed by atoms with van der Waals surface area (Å²) in [5, 5.41) is 12.3. The number of hydrogen-bond acceptors (Lipinski definition) is 2. The summed E-state index contributed by atoms with van der Waals surface area (Å²) in [6.45, 7) is 6.04. The van der Waals surface area contributed by atoms with Crippen LogP contribution in [-0.2, 0) is 0 Å². The minimum Gasteiger partial charge on any atom is -0.304 e. The standard InChI is InChI=1S/C13H22N2/c1-3-12(8-11-14)15-13(4-2)9-6-5-7-10-13/h3,12,15H,1,4-10H2,2H3. The molecule has 0 spiro atoms. The molecule has 1 unspecified atom stereocenters. The minimum atomic E-state index is 0.160. The Morgan fingerprint density at radius 3 is 2.60 bits per heavy atom. The molecule has 0 aromatic carbocycles. The molecule has 0 bridgehead atoms. The highest BCUT2D eigenvalue weighted by atomic mass is 15.0. The van der Waals surface area contributed by atoms with Crippen molar-refractivity contribution in [1.29, 1.82) is 5.26 Å². The number of rotatable bonds is 5. The third-order valence-electron chi connectivity index (χ3n) is 3.57. The molecule has 0 heterocycles. The van der Waals surface area contributed by atoms with Gasteiger partial charge in [-0.15, -0.1) is 6.58 Å². The Morgan fingerprint density at radius 2 is 2.13 bits per heavy atom. The van der Waals surface area contributed by atoms with Crippen LogP contribution in [-0.4, -0.2) is 11.6 Å². The molecule has 15 heavy (non-hydrogen) atoms. The fourth-order valence-electron chi connectivity index (χ4n) is 2.51. The first kappa shape index (κ1) is 12.3. The van der Waals surface area contributed by atoms with Gasteiger partial charge in [-0.05, 0) is 19.3 Å². The van der Waals surface area contributed by atoms with Crippen LogP contribution in [0.2, 0.25) is 0 Å². The molecule has 2 nitrogen and oxygen atoms in total. The van der Waals surface area contributed by atoms with E-state index in [0.29, 0.717) is 6.42 Å². The Morgan fingerprint density at radius 1 is 1.47 bits per heavy atom. The predicted molar refractivity (Wildman–Crippen MR) is 63.5 cm³/mol. The molecule has 2 heteroatoms. The second-order valence-corrected chi connectivity index (χ2v) is 4.54. The SMILES string of the molecule is C=CC(CC#N)NC1(CC)CCCCC1. The molecule has 0 saturated heterocycles. The molecule has 1 N–H and O–H groups in total. The zero-order chi connectivity index (χ0) is 11.1. The summed E-state index contributed by atoms with van der Waals surface area (Å²) in [4.78, 5) is 0. The molecule has 84 valence electrons. The van der Waals surface area contributed by atoms with Crippen LogP contribution >= 0.6 is 0 Å². The number of hydrogen-bond donors (Lipinski definition) is 1. The molecule has 1 fully saturated rings. The lowest BCUT2D eigenvalue weighted by Crippen LogP contribution is -2.50. The van der Waals surface area contributed by atoms with Crippen LogP contribution in [0.1, 0.15) is 51.9 Å². The highest BCUT2D eigenvalue weighted by molar-refractivity contribution is 5.00. The Kier molecular flexibility index (Phi) is 4.84. The van der Waals surface area contributed by atoms with Crippen molar-refractivity contribution < 1.29 is 0 Å². The maximum absolute atomic E-state index is 8.72. The summed E-state index contributed by atoms with van der Waals surface area (Å²) in [7, 11) is 0. The van der Waals surface area contributed by atoms with Crippen LogP contribution in [0.5, 0.6) is 0 Å². The molecule has 1 rings (SSSR count). The van der Waals surface area contributed by atoms with Crippen LogP contribution in [0.3, 0.4) is 0 Å². The van der Waals surface area contributed by atoms with Crippen molar-refractivity contribution in [3.05, 3.63) is 12.7 Å². The second kappa shape index (κ2) is 5.92. The van der Waals surface area contributed by atoms with Gasteiger partial charge in [0, 0.05) is 11.6 Å². The zero-order valence-corrected chi connectivity index (χ0v) is 9.76. The molecule has 1 atom stereocenters. The number of nitrogens with zero attached hydrogens (tertiary/aromatic N) is 1. The van der Waals surface area contributed by atoms with Gasteiger partial charge in [0.25, 0.3) is 0 Å². The van der Waals surface area contributed by atoms with E-state index in [0.717, 1.165) is 6.42 Å². The highest BCUT2D eigenvalue weighted by Crippen LogP contribution is 2.31. The van der Waals surface area contributed by atoms with Crippen LogP contribution in [0.15, 0.2) is 12.7 Å². The molecule has 1 saturated carbocycles. The van der Waals surface area contributed by atoms with Crippen molar-refractivity contribution in [2.75, 3.05) is 0 Å². The Labute approximate surface area is 93.4 Å². The first-order chi connectivity index (χ1) is 7.26. The van der Waals surface area contributed by atoms with Gasteiger partial charge >= 0.3 is 0 Å². The van der Waals surface area contributed by atoms with E-state index in [2.05, 4.69) is 24.9 Å². The summed E-state index contributed by atoms with van der Waals surface area (Å²) < 4.78 is 0. The third-order valence-corrected chi connectivity index (χ3v) is 3.57. The van der Waals surface area contributed by atoms with E-state index in [4.69, 9.17) is 5.26 Å². The smallest absolute Gasteiger partial charge is 0.0641 e. The second-order valence-electron chi connectivity index (χ2n) is 4.54. The van der Waals surface area contributed by atoms with E-state index in [1.807, 2.05) is 6.08 Å². The van der Waals surface area contributed by atoms with E-state index in [9.17, 15) is 0 Å². The van der Waals surface area contributed by atoms with Crippen molar-refractivity contribution >= 4 is 0 Å². The van der Waals surface area contributed by atoms with E-state index in [-0.39, 0.29) is 11.6 Å². The van der Waals surface area contributed by atoms with E-state index in [1.54, 1.807) is 0 Å². The van der Waals surface area contributed by atoms with Gasteiger partial charge in [0.05, 0.1) is 12.5 Å². The van der Waals surface area contributed by atoms with Crippen molar-refractivity contribution in [1.82, 2.24) is 5.32 Å². The van der Waals surface area contributed by atoms with Gasteiger partial charge in [-0.1, -0.05) is 32.3 Å². The molecule has 1 aliphatic carbocycles. The first-order valence-electron chi connectivity index (χ1n) is 6.03. The lowest BCUT2D eigenvalue weighted by molar-refractivity contribution is 0.211. The van der Waals surface area contributed by atoms with Crippen molar-refractivity contribution in [2.45, 2.75) is 63.5 Å². The average molecular weight is 206 g/mol. The van der Waals surface area contributed by atoms with Crippen LogP contribution in [0, 0.1) is 11.3 Å². The molecule has 0 amide bonds. The Hall–Kier alpha value is -0.810. The molecule has 0 radical (unpaired) electrons. The fraction of sp³-hybridized carbons (Fsp3) is 0.769. The molecular weight excluding hydrogens is 184 g/mol. The molecular formula is C13H22N2. The van der Waals surface area contributed by atoms with E-state index in [1.165, 1.54) is 32.1 Å². The Bertz CT molecular complexity index is 233. The fourth-order valence-corrected chi connectivity index (χ4v) is 2.51. The van der Waals surface area contributed by atoms with Gasteiger partial charge in [0.15, 0.2) is 0 Å². The summed E-state index contributed by atoms with van der Waals surface area (Å²) in [5.41, 5.74) is 0.272. The molecule has 0 aromatic rings. The largest absolute Gasteiger partial charge is 0.304 e. The summed E-state index contributed by atoms with van der Waals surface area (Å²) >= 11 is 0. The number of nitrogens with one attached hydrogen (secondary N) is 1. The summed E-state index contributed by atoms with van der Waals surface area (Å²) in [6, 6.07) is 2.38. The molecule has 0 aromatic heterocycles. The van der Waals surface area contributed by atoms with Crippen molar-refractivity contribution in [3.8, 4) is 6.07 Å². The van der Waals surface area contributed by atoms with E-state index >= 15 is 0 Å². The normalized spacial score (nSPS) is 21.6. The topological polar surface area (TPSA) is 35.8 Å². The van der Waals surface area contributed by atoms with Crippen molar-refractivity contribution in [3.63, 3.8) is 0 Å². The van der Waals surface area contributed by atoms with Gasteiger partial charge < -0.3 is 5.32 Å². The van der Waals surface area contributed by atoms with Crippen LogP contribution < -0.4 is 5.32 Å². The van der Waals surface area contributed by atoms with E-state index < -0.39 is 0 Å². The van der Waals surface area contributed by atoms with Gasteiger partial charge in [0.1, 0.15) is 0 Å². The number of nitriles is 1. The molecule has 1 aliphatic rings. The maximum atomic E-state index is 8.72. The van der Waals surface area contributed by atoms with Gasteiger partial charge in [-0.2, -0.15) is 5.26 Å². The average Bonchev–Trinajstić information content (AvgIpc) is 2.30. The first-order valence-corrected chi connectivity index (χ1v) is 6.03. The summed E-state index contributed by atoms with van der Waals surface area (Å²) in [6.07, 6.45) is 10.1. The third kappa shape index (κ3) is 3.35. The predicted octanol–water partition coefficient (Wildman–Crippen LogP) is 3.16. The zero-order valence-electron chi connectivity index (χ0n) is 9.76. The van der Waals surface area contributed by atoms with Gasteiger partial charge in [-0.25, -0.2) is 0 Å². The summed E-state index contributed by atoms with van der Waals surface area (Å²) in [5.74, 6) is 0. The Balaban J connectivity index is 2.57. The van der Waals surface area contributed by atoms with Crippen LogP contribution in [0.4, 0.5) is 0 Å². The van der Waals surface area contributed by atoms with Gasteiger partial charge in [-0.3, -0.25) is 0 Å².